The quantitative estimate of drug-likeness (QED) is 0.750. The van der Waals surface area contributed by atoms with E-state index in [-0.39, 0.29) is 5.91 Å². The summed E-state index contributed by atoms with van der Waals surface area (Å²) in [5.74, 6) is 2.10. The molecule has 0 radical (unpaired) electrons. The molecule has 22 heavy (non-hydrogen) atoms. The molecule has 0 spiro atoms. The Bertz CT molecular complexity index is 498. The van der Waals surface area contributed by atoms with Crippen molar-refractivity contribution in [2.45, 2.75) is 20.3 Å². The lowest BCUT2D eigenvalue weighted by Gasteiger charge is -2.12. The van der Waals surface area contributed by atoms with E-state index in [1.807, 2.05) is 0 Å². The van der Waals surface area contributed by atoms with E-state index < -0.39 is 0 Å². The van der Waals surface area contributed by atoms with Crippen molar-refractivity contribution >= 4 is 12.0 Å². The van der Waals surface area contributed by atoms with Gasteiger partial charge in [-0.25, -0.2) is 0 Å². The molecule has 1 N–H and O–H groups in total. The van der Waals surface area contributed by atoms with Gasteiger partial charge < -0.3 is 19.5 Å². The van der Waals surface area contributed by atoms with E-state index in [1.165, 1.54) is 6.08 Å². The molecular weight excluding hydrogens is 282 g/mol. The van der Waals surface area contributed by atoms with Gasteiger partial charge in [0.1, 0.15) is 0 Å². The van der Waals surface area contributed by atoms with Gasteiger partial charge in [-0.05, 0) is 36.1 Å². The second-order valence-electron chi connectivity index (χ2n) is 5.27. The molecule has 5 nitrogen and oxygen atoms in total. The highest BCUT2D eigenvalue weighted by molar-refractivity contribution is 5.91. The lowest BCUT2D eigenvalue weighted by Crippen LogP contribution is -2.23. The van der Waals surface area contributed by atoms with Crippen molar-refractivity contribution in [2.24, 2.45) is 5.92 Å². The molecule has 0 saturated heterocycles. The first-order valence-electron chi connectivity index (χ1n) is 7.27. The summed E-state index contributed by atoms with van der Waals surface area (Å²) in [6.07, 6.45) is 4.18. The lowest BCUT2D eigenvalue weighted by atomic mass is 10.1. The van der Waals surface area contributed by atoms with Crippen LogP contribution >= 0.6 is 0 Å². The fraction of sp³-hybridized carbons (Fsp3) is 0.471. The van der Waals surface area contributed by atoms with Crippen molar-refractivity contribution in [3.8, 4) is 17.2 Å². The molecule has 0 aliphatic rings. The van der Waals surface area contributed by atoms with Gasteiger partial charge in [-0.15, -0.1) is 0 Å². The average molecular weight is 307 g/mol. The zero-order valence-corrected chi connectivity index (χ0v) is 13.9. The van der Waals surface area contributed by atoms with Crippen LogP contribution in [-0.2, 0) is 4.79 Å². The van der Waals surface area contributed by atoms with Crippen molar-refractivity contribution in [2.75, 3.05) is 27.9 Å². The number of methoxy groups -OCH3 is 3. The third kappa shape index (κ3) is 5.31. The number of carbonyl (C=O) groups excluding carboxylic acids is 1. The average Bonchev–Trinajstić information content (AvgIpc) is 2.51. The molecule has 1 aromatic rings. The number of amides is 1. The molecule has 0 bridgehead atoms. The van der Waals surface area contributed by atoms with Gasteiger partial charge in [0.25, 0.3) is 0 Å². The van der Waals surface area contributed by atoms with Crippen LogP contribution in [-0.4, -0.2) is 33.8 Å². The summed E-state index contributed by atoms with van der Waals surface area (Å²) in [5, 5.41) is 2.85. The summed E-state index contributed by atoms with van der Waals surface area (Å²) in [5.41, 5.74) is 0.800. The van der Waals surface area contributed by atoms with E-state index >= 15 is 0 Å². The predicted molar refractivity (Wildman–Crippen MR) is 87.6 cm³/mol. The number of ether oxygens (including phenoxy) is 3. The second kappa shape index (κ2) is 8.97. The molecule has 0 aromatic heterocycles. The molecular formula is C17H25NO4. The molecule has 0 heterocycles. The molecule has 5 heteroatoms. The van der Waals surface area contributed by atoms with Crippen molar-refractivity contribution < 1.29 is 19.0 Å². The van der Waals surface area contributed by atoms with Crippen LogP contribution in [0.4, 0.5) is 0 Å². The largest absolute Gasteiger partial charge is 0.493 e. The minimum atomic E-state index is -0.116. The third-order valence-corrected chi connectivity index (χ3v) is 3.14. The normalized spacial score (nSPS) is 10.8. The molecule has 1 amide bonds. The monoisotopic (exact) mass is 307 g/mol. The number of nitrogens with one attached hydrogen (secondary N) is 1. The SMILES string of the molecule is COc1cc(/C=C/C(=O)NCCC(C)C)cc(OC)c1OC. The molecule has 1 aromatic carbocycles. The fourth-order valence-corrected chi connectivity index (χ4v) is 1.91. The van der Waals surface area contributed by atoms with Gasteiger partial charge in [-0.2, -0.15) is 0 Å². The Morgan fingerprint density at radius 2 is 1.73 bits per heavy atom. The van der Waals surface area contributed by atoms with Gasteiger partial charge in [0.2, 0.25) is 11.7 Å². The summed E-state index contributed by atoms with van der Waals surface area (Å²) < 4.78 is 15.8. The summed E-state index contributed by atoms with van der Waals surface area (Å²) in [6, 6.07) is 3.58. The van der Waals surface area contributed by atoms with Crippen LogP contribution in [0.15, 0.2) is 18.2 Å². The number of benzene rings is 1. The summed E-state index contributed by atoms with van der Waals surface area (Å²) in [7, 11) is 4.67. The van der Waals surface area contributed by atoms with Crippen molar-refractivity contribution in [1.82, 2.24) is 5.32 Å². The number of rotatable bonds is 8. The zero-order chi connectivity index (χ0) is 16.5. The van der Waals surface area contributed by atoms with E-state index in [0.717, 1.165) is 12.0 Å². The van der Waals surface area contributed by atoms with Crippen LogP contribution in [0.2, 0.25) is 0 Å². The van der Waals surface area contributed by atoms with Gasteiger partial charge in [0.05, 0.1) is 21.3 Å². The Morgan fingerprint density at radius 3 is 2.18 bits per heavy atom. The minimum Gasteiger partial charge on any atom is -0.493 e. The van der Waals surface area contributed by atoms with Crippen LogP contribution in [0.3, 0.4) is 0 Å². The van der Waals surface area contributed by atoms with Crippen molar-refractivity contribution in [3.63, 3.8) is 0 Å². The summed E-state index contributed by atoms with van der Waals surface area (Å²) in [6.45, 7) is 4.92. The maximum Gasteiger partial charge on any atom is 0.243 e. The summed E-state index contributed by atoms with van der Waals surface area (Å²) >= 11 is 0. The molecule has 1 rings (SSSR count). The topological polar surface area (TPSA) is 56.8 Å². The molecule has 0 aliphatic carbocycles. The molecule has 0 saturated carbocycles. The Hall–Kier alpha value is -2.17. The minimum absolute atomic E-state index is 0.116. The highest BCUT2D eigenvalue weighted by Crippen LogP contribution is 2.38. The Morgan fingerprint density at radius 1 is 1.14 bits per heavy atom. The van der Waals surface area contributed by atoms with Crippen LogP contribution in [0.1, 0.15) is 25.8 Å². The van der Waals surface area contributed by atoms with E-state index in [9.17, 15) is 4.79 Å². The van der Waals surface area contributed by atoms with Crippen molar-refractivity contribution in [1.29, 1.82) is 0 Å². The van der Waals surface area contributed by atoms with Gasteiger partial charge in [-0.1, -0.05) is 13.8 Å². The number of carbonyl (C=O) groups is 1. The predicted octanol–water partition coefficient (Wildman–Crippen LogP) is 2.89. The first kappa shape index (κ1) is 17.9. The zero-order valence-electron chi connectivity index (χ0n) is 13.9. The van der Waals surface area contributed by atoms with Crippen molar-refractivity contribution in [3.05, 3.63) is 23.8 Å². The van der Waals surface area contributed by atoms with Crippen LogP contribution in [0, 0.1) is 5.92 Å². The van der Waals surface area contributed by atoms with E-state index in [0.29, 0.717) is 29.7 Å². The summed E-state index contributed by atoms with van der Waals surface area (Å²) in [4.78, 5) is 11.7. The van der Waals surface area contributed by atoms with Crippen LogP contribution < -0.4 is 19.5 Å². The highest BCUT2D eigenvalue weighted by Gasteiger charge is 2.12. The maximum absolute atomic E-state index is 11.7. The smallest absolute Gasteiger partial charge is 0.243 e. The third-order valence-electron chi connectivity index (χ3n) is 3.14. The van der Waals surface area contributed by atoms with E-state index in [2.05, 4.69) is 19.2 Å². The van der Waals surface area contributed by atoms with Crippen LogP contribution in [0.5, 0.6) is 17.2 Å². The Kier molecular flexibility index (Phi) is 7.29. The lowest BCUT2D eigenvalue weighted by molar-refractivity contribution is -0.116. The highest BCUT2D eigenvalue weighted by atomic mass is 16.5. The Balaban J connectivity index is 2.80. The van der Waals surface area contributed by atoms with E-state index in [1.54, 1.807) is 39.5 Å². The molecule has 0 fully saturated rings. The fourth-order valence-electron chi connectivity index (χ4n) is 1.91. The Labute approximate surface area is 132 Å². The van der Waals surface area contributed by atoms with Gasteiger partial charge in [0.15, 0.2) is 11.5 Å². The first-order valence-corrected chi connectivity index (χ1v) is 7.27. The van der Waals surface area contributed by atoms with Gasteiger partial charge in [-0.3, -0.25) is 4.79 Å². The number of hydrogen-bond donors (Lipinski definition) is 1. The molecule has 0 atom stereocenters. The molecule has 0 unspecified atom stereocenters. The van der Waals surface area contributed by atoms with E-state index in [4.69, 9.17) is 14.2 Å². The van der Waals surface area contributed by atoms with Crippen LogP contribution in [0.25, 0.3) is 6.08 Å². The molecule has 122 valence electrons. The number of hydrogen-bond acceptors (Lipinski definition) is 4. The van der Waals surface area contributed by atoms with Gasteiger partial charge in [0, 0.05) is 12.6 Å². The second-order valence-corrected chi connectivity index (χ2v) is 5.27. The first-order chi connectivity index (χ1) is 10.5. The maximum atomic E-state index is 11.7. The molecule has 0 aliphatic heterocycles. The van der Waals surface area contributed by atoms with Gasteiger partial charge >= 0.3 is 0 Å². The standard InChI is InChI=1S/C17H25NO4/c1-12(2)8-9-18-16(19)7-6-13-10-14(20-3)17(22-5)15(11-13)21-4/h6-7,10-12H,8-9H2,1-5H3,(H,18,19)/b7-6+.